The van der Waals surface area contributed by atoms with Gasteiger partial charge >= 0.3 is 12.1 Å². The number of ether oxygens (including phenoxy) is 1. The van der Waals surface area contributed by atoms with E-state index in [0.717, 1.165) is 18.2 Å². The van der Waals surface area contributed by atoms with Gasteiger partial charge in [0.2, 0.25) is 10.0 Å². The van der Waals surface area contributed by atoms with Crippen molar-refractivity contribution in [1.29, 1.82) is 0 Å². The van der Waals surface area contributed by atoms with Crippen LogP contribution in [0.25, 0.3) is 0 Å². The van der Waals surface area contributed by atoms with Crippen LogP contribution in [0.5, 0.6) is 0 Å². The van der Waals surface area contributed by atoms with Crippen LogP contribution in [-0.4, -0.2) is 32.9 Å². The molecule has 0 heterocycles. The van der Waals surface area contributed by atoms with E-state index < -0.39 is 45.4 Å². The predicted octanol–water partition coefficient (Wildman–Crippen LogP) is 4.01. The van der Waals surface area contributed by atoms with Crippen LogP contribution in [0.3, 0.4) is 0 Å². The summed E-state index contributed by atoms with van der Waals surface area (Å²) in [5.74, 6) is -1.97. The van der Waals surface area contributed by atoms with Crippen molar-refractivity contribution in [3.05, 3.63) is 71.3 Å². The number of amides is 1. The van der Waals surface area contributed by atoms with E-state index in [0.29, 0.717) is 6.07 Å². The molecule has 0 aliphatic heterocycles. The Morgan fingerprint density at radius 3 is 2.38 bits per heavy atom. The highest BCUT2D eigenvalue weighted by Crippen LogP contribution is 2.36. The lowest BCUT2D eigenvalue weighted by Gasteiger charge is -2.17. The molecule has 12 heteroatoms. The van der Waals surface area contributed by atoms with Gasteiger partial charge in [0.1, 0.15) is 0 Å². The molecule has 2 aromatic rings. The summed E-state index contributed by atoms with van der Waals surface area (Å²) >= 11 is 5.59. The lowest BCUT2D eigenvalue weighted by molar-refractivity contribution is -0.137. The van der Waals surface area contributed by atoms with Crippen molar-refractivity contribution in [3.8, 4) is 0 Å². The maximum Gasteiger partial charge on any atom is 0.418 e. The van der Waals surface area contributed by atoms with Crippen molar-refractivity contribution in [2.45, 2.75) is 24.1 Å². The minimum absolute atomic E-state index is 0.0163. The van der Waals surface area contributed by atoms with E-state index in [1.165, 1.54) is 31.2 Å². The number of sulfonamides is 1. The first-order chi connectivity index (χ1) is 14.8. The quantitative estimate of drug-likeness (QED) is 0.430. The van der Waals surface area contributed by atoms with E-state index in [2.05, 4.69) is 16.6 Å². The Balaban J connectivity index is 2.08. The van der Waals surface area contributed by atoms with E-state index >= 15 is 0 Å². The number of hydrogen-bond acceptors (Lipinski definition) is 5. The molecule has 1 unspecified atom stereocenters. The third-order valence-corrected chi connectivity index (χ3v) is 5.69. The van der Waals surface area contributed by atoms with E-state index in [-0.39, 0.29) is 22.0 Å². The highest BCUT2D eigenvalue weighted by Gasteiger charge is 2.34. The molecule has 7 nitrogen and oxygen atoms in total. The molecule has 2 aromatic carbocycles. The fraction of sp³-hybridized carbons (Fsp3) is 0.200. The number of carbonyl (C=O) groups excluding carboxylic acids is 2. The minimum atomic E-state index is -4.77. The SMILES string of the molecule is C=CCNS(=O)(=O)c1ccc(C(=O)OC(C)C(=O)Nc2ccc(Cl)cc2C(F)(F)F)cc1. The summed E-state index contributed by atoms with van der Waals surface area (Å²) in [7, 11) is -3.79. The third-order valence-electron chi connectivity index (χ3n) is 4.02. The molecular formula is C20H18ClF3N2O5S. The van der Waals surface area contributed by atoms with Crippen LogP contribution in [0.4, 0.5) is 18.9 Å². The normalized spacial score (nSPS) is 12.7. The molecule has 0 bridgehead atoms. The van der Waals surface area contributed by atoms with Gasteiger partial charge in [-0.3, -0.25) is 4.79 Å². The molecule has 0 aliphatic rings. The van der Waals surface area contributed by atoms with Crippen LogP contribution in [-0.2, 0) is 25.7 Å². The number of benzene rings is 2. The molecule has 2 N–H and O–H groups in total. The van der Waals surface area contributed by atoms with Gasteiger partial charge in [0, 0.05) is 11.6 Å². The molecule has 2 rings (SSSR count). The zero-order valence-corrected chi connectivity index (χ0v) is 18.1. The molecule has 0 saturated heterocycles. The van der Waals surface area contributed by atoms with Gasteiger partial charge in [0.15, 0.2) is 6.10 Å². The second kappa shape index (κ2) is 10.2. The highest BCUT2D eigenvalue weighted by atomic mass is 35.5. The molecule has 0 spiro atoms. The molecule has 1 atom stereocenters. The molecule has 1 amide bonds. The lowest BCUT2D eigenvalue weighted by atomic mass is 10.1. The molecule has 32 heavy (non-hydrogen) atoms. The summed E-state index contributed by atoms with van der Waals surface area (Å²) in [6.07, 6.45) is -4.86. The van der Waals surface area contributed by atoms with E-state index in [9.17, 15) is 31.2 Å². The predicted molar refractivity (Wildman–Crippen MR) is 112 cm³/mol. The van der Waals surface area contributed by atoms with Crippen LogP contribution >= 0.6 is 11.6 Å². The third kappa shape index (κ3) is 6.55. The van der Waals surface area contributed by atoms with Crippen molar-refractivity contribution in [2.75, 3.05) is 11.9 Å². The van der Waals surface area contributed by atoms with Crippen LogP contribution in [0.15, 0.2) is 60.0 Å². The van der Waals surface area contributed by atoms with Crippen molar-refractivity contribution in [3.63, 3.8) is 0 Å². The second-order valence-electron chi connectivity index (χ2n) is 6.39. The van der Waals surface area contributed by atoms with Gasteiger partial charge in [-0.1, -0.05) is 17.7 Å². The number of halogens is 4. The van der Waals surface area contributed by atoms with Crippen LogP contribution in [0, 0.1) is 0 Å². The molecule has 172 valence electrons. The first-order valence-corrected chi connectivity index (χ1v) is 10.8. The van der Waals surface area contributed by atoms with Gasteiger partial charge in [-0.15, -0.1) is 6.58 Å². The van der Waals surface area contributed by atoms with Gasteiger partial charge in [-0.2, -0.15) is 13.2 Å². The molecular weight excluding hydrogens is 473 g/mol. The number of esters is 1. The summed E-state index contributed by atoms with van der Waals surface area (Å²) in [4.78, 5) is 24.4. The minimum Gasteiger partial charge on any atom is -0.449 e. The molecule has 0 saturated carbocycles. The first kappa shape index (κ1) is 25.4. The Morgan fingerprint density at radius 1 is 1.19 bits per heavy atom. The maximum atomic E-state index is 13.1. The van der Waals surface area contributed by atoms with Crippen LogP contribution < -0.4 is 10.0 Å². The fourth-order valence-electron chi connectivity index (χ4n) is 2.40. The smallest absolute Gasteiger partial charge is 0.418 e. The average molecular weight is 491 g/mol. The Hall–Kier alpha value is -2.89. The van der Waals surface area contributed by atoms with Crippen LogP contribution in [0.1, 0.15) is 22.8 Å². The largest absolute Gasteiger partial charge is 0.449 e. The topological polar surface area (TPSA) is 102 Å². The standard InChI is InChI=1S/C20H18ClF3N2O5S/c1-3-10-25-32(29,30)15-7-4-13(5-8-15)19(28)31-12(2)18(27)26-17-9-6-14(21)11-16(17)20(22,23)24/h3-9,11-12,25H,1,10H2,2H3,(H,26,27). The van der Waals surface area contributed by atoms with Crippen molar-refractivity contribution >= 4 is 39.2 Å². The number of alkyl halides is 3. The summed E-state index contributed by atoms with van der Waals surface area (Å²) in [6.45, 7) is 4.59. The summed E-state index contributed by atoms with van der Waals surface area (Å²) in [6, 6.07) is 7.49. The number of nitrogens with one attached hydrogen (secondary N) is 2. The Morgan fingerprint density at radius 2 is 1.81 bits per heavy atom. The van der Waals surface area contributed by atoms with Crippen molar-refractivity contribution in [2.24, 2.45) is 0 Å². The van der Waals surface area contributed by atoms with E-state index in [1.54, 1.807) is 0 Å². The first-order valence-electron chi connectivity index (χ1n) is 8.94. The maximum absolute atomic E-state index is 13.1. The number of rotatable bonds is 8. The van der Waals surface area contributed by atoms with Gasteiger partial charge in [0.05, 0.1) is 21.7 Å². The number of anilines is 1. The van der Waals surface area contributed by atoms with E-state index in [4.69, 9.17) is 16.3 Å². The van der Waals surface area contributed by atoms with Crippen molar-refractivity contribution in [1.82, 2.24) is 4.72 Å². The average Bonchev–Trinajstić information content (AvgIpc) is 2.72. The van der Waals surface area contributed by atoms with Gasteiger partial charge in [0.25, 0.3) is 5.91 Å². The van der Waals surface area contributed by atoms with Gasteiger partial charge in [-0.05, 0) is 49.4 Å². The van der Waals surface area contributed by atoms with Gasteiger partial charge in [-0.25, -0.2) is 17.9 Å². The monoisotopic (exact) mass is 490 g/mol. The molecule has 0 fully saturated rings. The second-order valence-corrected chi connectivity index (χ2v) is 8.59. The Kier molecular flexibility index (Phi) is 8.05. The lowest BCUT2D eigenvalue weighted by Crippen LogP contribution is -2.30. The zero-order valence-electron chi connectivity index (χ0n) is 16.6. The fourth-order valence-corrected chi connectivity index (χ4v) is 3.57. The Bertz CT molecular complexity index is 1120. The zero-order chi connectivity index (χ0) is 24.1. The number of carbonyl (C=O) groups is 2. The Labute approximate surface area is 187 Å². The summed E-state index contributed by atoms with van der Waals surface area (Å²) < 4.78 is 70.7. The number of hydrogen-bond donors (Lipinski definition) is 2. The molecule has 0 aromatic heterocycles. The van der Waals surface area contributed by atoms with E-state index in [1.807, 2.05) is 0 Å². The van der Waals surface area contributed by atoms with Crippen molar-refractivity contribution < 1.29 is 35.9 Å². The molecule has 0 aliphatic carbocycles. The summed E-state index contributed by atoms with van der Waals surface area (Å²) in [5.41, 5.74) is -1.76. The highest BCUT2D eigenvalue weighted by molar-refractivity contribution is 7.89. The summed E-state index contributed by atoms with van der Waals surface area (Å²) in [5, 5.41) is 1.89. The molecule has 0 radical (unpaired) electrons. The van der Waals surface area contributed by atoms with Crippen LogP contribution in [0.2, 0.25) is 5.02 Å². The van der Waals surface area contributed by atoms with Gasteiger partial charge < -0.3 is 10.1 Å².